The maximum Gasteiger partial charge on any atom is 0.0538 e. The lowest BCUT2D eigenvalue weighted by Gasteiger charge is -2.07. The van der Waals surface area contributed by atoms with E-state index in [2.05, 4.69) is 12.2 Å². The molecule has 0 spiro atoms. The van der Waals surface area contributed by atoms with Crippen LogP contribution in [-0.4, -0.2) is 24.3 Å². The van der Waals surface area contributed by atoms with Crippen LogP contribution in [0.25, 0.3) is 0 Å². The van der Waals surface area contributed by atoms with E-state index in [1.165, 1.54) is 6.42 Å². The average molecular weight is 159 g/mol. The van der Waals surface area contributed by atoms with E-state index >= 15 is 0 Å². The lowest BCUT2D eigenvalue weighted by Crippen LogP contribution is -2.17. The zero-order valence-corrected chi connectivity index (χ0v) is 7.77. The maximum absolute atomic E-state index is 9.19. The molecule has 0 aromatic heterocycles. The van der Waals surface area contributed by atoms with Crippen molar-refractivity contribution in [2.45, 2.75) is 45.6 Å². The van der Waals surface area contributed by atoms with Gasteiger partial charge in [-0.2, -0.15) is 0 Å². The first-order valence-corrected chi connectivity index (χ1v) is 4.70. The van der Waals surface area contributed by atoms with Gasteiger partial charge in [0.25, 0.3) is 0 Å². The Hall–Kier alpha value is -0.0800. The highest BCUT2D eigenvalue weighted by atomic mass is 16.3. The topological polar surface area (TPSA) is 32.3 Å². The lowest BCUT2D eigenvalue weighted by atomic mass is 10.1. The van der Waals surface area contributed by atoms with Crippen molar-refractivity contribution in [2.75, 3.05) is 13.1 Å². The molecule has 0 radical (unpaired) electrons. The Morgan fingerprint density at radius 3 is 2.55 bits per heavy atom. The zero-order chi connectivity index (χ0) is 8.53. The predicted molar refractivity (Wildman–Crippen MR) is 48.7 cm³/mol. The van der Waals surface area contributed by atoms with Gasteiger partial charge in [-0.3, -0.25) is 0 Å². The monoisotopic (exact) mass is 159 g/mol. The van der Waals surface area contributed by atoms with Gasteiger partial charge in [0.15, 0.2) is 0 Å². The molecule has 2 nitrogen and oxygen atoms in total. The molecule has 0 bridgehead atoms. The number of nitrogens with one attached hydrogen (secondary N) is 1. The second-order valence-corrected chi connectivity index (χ2v) is 2.95. The molecule has 0 fully saturated rings. The van der Waals surface area contributed by atoms with Crippen molar-refractivity contribution in [3.8, 4) is 0 Å². The summed E-state index contributed by atoms with van der Waals surface area (Å²) in [6.45, 7) is 6.32. The zero-order valence-electron chi connectivity index (χ0n) is 7.77. The molecule has 0 aliphatic carbocycles. The minimum Gasteiger partial charge on any atom is -0.393 e. The average Bonchev–Trinajstić information content (AvgIpc) is 2.04. The molecule has 1 unspecified atom stereocenters. The van der Waals surface area contributed by atoms with Gasteiger partial charge in [-0.05, 0) is 38.8 Å². The number of aliphatic hydroxyl groups excluding tert-OH is 1. The van der Waals surface area contributed by atoms with E-state index in [1.807, 2.05) is 6.92 Å². The summed E-state index contributed by atoms with van der Waals surface area (Å²) in [6.07, 6.45) is 4.02. The highest BCUT2D eigenvalue weighted by Gasteiger charge is 1.98. The van der Waals surface area contributed by atoms with Crippen LogP contribution >= 0.6 is 0 Å². The minimum atomic E-state index is -0.0848. The Morgan fingerprint density at radius 2 is 2.00 bits per heavy atom. The van der Waals surface area contributed by atoms with Crippen molar-refractivity contribution >= 4 is 0 Å². The van der Waals surface area contributed by atoms with Crippen molar-refractivity contribution in [1.29, 1.82) is 0 Å². The van der Waals surface area contributed by atoms with Crippen LogP contribution < -0.4 is 5.32 Å². The van der Waals surface area contributed by atoms with Gasteiger partial charge in [-0.25, -0.2) is 0 Å². The third kappa shape index (κ3) is 7.82. The van der Waals surface area contributed by atoms with Gasteiger partial charge >= 0.3 is 0 Å². The molecular weight excluding hydrogens is 138 g/mol. The number of aliphatic hydroxyl groups is 1. The second kappa shape index (κ2) is 8.02. The number of hydrogen-bond acceptors (Lipinski definition) is 2. The Bertz CT molecular complexity index is 76.0. The molecule has 2 heteroatoms. The van der Waals surface area contributed by atoms with Crippen LogP contribution in [0.15, 0.2) is 0 Å². The molecule has 0 heterocycles. The fourth-order valence-electron chi connectivity index (χ4n) is 0.969. The van der Waals surface area contributed by atoms with E-state index in [1.54, 1.807) is 0 Å². The normalized spacial score (nSPS) is 13.4. The predicted octanol–water partition coefficient (Wildman–Crippen LogP) is 1.54. The molecule has 11 heavy (non-hydrogen) atoms. The van der Waals surface area contributed by atoms with Crippen LogP contribution in [-0.2, 0) is 0 Å². The fraction of sp³-hybridized carbons (Fsp3) is 1.00. The molecule has 0 saturated carbocycles. The smallest absolute Gasteiger partial charge is 0.0538 e. The highest BCUT2D eigenvalue weighted by Crippen LogP contribution is 1.99. The largest absolute Gasteiger partial charge is 0.393 e. The lowest BCUT2D eigenvalue weighted by molar-refractivity contribution is 0.157. The van der Waals surface area contributed by atoms with Crippen LogP contribution in [0.4, 0.5) is 0 Å². The van der Waals surface area contributed by atoms with Gasteiger partial charge < -0.3 is 10.4 Å². The molecule has 1 atom stereocenters. The summed E-state index contributed by atoms with van der Waals surface area (Å²) in [7, 11) is 0. The van der Waals surface area contributed by atoms with Crippen molar-refractivity contribution in [3.05, 3.63) is 0 Å². The molecule has 0 aromatic rings. The molecular formula is C9H21NO. The number of rotatable bonds is 7. The van der Waals surface area contributed by atoms with Crippen LogP contribution in [0.1, 0.15) is 39.5 Å². The third-order valence-electron chi connectivity index (χ3n) is 1.79. The summed E-state index contributed by atoms with van der Waals surface area (Å²) in [5, 5.41) is 12.5. The van der Waals surface area contributed by atoms with E-state index in [-0.39, 0.29) is 6.10 Å². The fourth-order valence-corrected chi connectivity index (χ4v) is 0.969. The van der Waals surface area contributed by atoms with Gasteiger partial charge in [0.2, 0.25) is 0 Å². The summed E-state index contributed by atoms with van der Waals surface area (Å²) >= 11 is 0. The summed E-state index contributed by atoms with van der Waals surface area (Å²) in [5.41, 5.74) is 0. The molecule has 0 amide bonds. The molecule has 0 aliphatic rings. The molecule has 0 aliphatic heterocycles. The van der Waals surface area contributed by atoms with Gasteiger partial charge in [0, 0.05) is 0 Å². The summed E-state index contributed by atoms with van der Waals surface area (Å²) in [5.74, 6) is 0. The highest BCUT2D eigenvalue weighted by molar-refractivity contribution is 4.54. The number of hydrogen-bond donors (Lipinski definition) is 2. The molecule has 0 saturated heterocycles. The summed E-state index contributed by atoms with van der Waals surface area (Å²) in [4.78, 5) is 0. The van der Waals surface area contributed by atoms with E-state index in [4.69, 9.17) is 0 Å². The van der Waals surface area contributed by atoms with Crippen molar-refractivity contribution in [2.24, 2.45) is 0 Å². The van der Waals surface area contributed by atoms with Crippen molar-refractivity contribution in [1.82, 2.24) is 5.32 Å². The Morgan fingerprint density at radius 1 is 1.27 bits per heavy atom. The Kier molecular flexibility index (Phi) is 7.96. The third-order valence-corrected chi connectivity index (χ3v) is 1.79. The van der Waals surface area contributed by atoms with Crippen molar-refractivity contribution < 1.29 is 5.11 Å². The van der Waals surface area contributed by atoms with Crippen LogP contribution in [0.5, 0.6) is 0 Å². The molecule has 0 aromatic carbocycles. The molecule has 68 valence electrons. The first-order chi connectivity index (χ1) is 5.31. The van der Waals surface area contributed by atoms with Gasteiger partial charge in [-0.1, -0.05) is 13.8 Å². The molecule has 2 N–H and O–H groups in total. The summed E-state index contributed by atoms with van der Waals surface area (Å²) < 4.78 is 0. The van der Waals surface area contributed by atoms with E-state index < -0.39 is 0 Å². The Labute approximate surface area is 70.0 Å². The van der Waals surface area contributed by atoms with E-state index in [0.29, 0.717) is 0 Å². The second-order valence-electron chi connectivity index (χ2n) is 2.95. The van der Waals surface area contributed by atoms with Crippen LogP contribution in [0, 0.1) is 0 Å². The first-order valence-electron chi connectivity index (χ1n) is 4.70. The van der Waals surface area contributed by atoms with Gasteiger partial charge in [0.05, 0.1) is 6.10 Å². The van der Waals surface area contributed by atoms with Crippen molar-refractivity contribution in [3.63, 3.8) is 0 Å². The Balaban J connectivity index is 2.89. The minimum absolute atomic E-state index is 0.0848. The quantitative estimate of drug-likeness (QED) is 0.552. The standard InChI is InChI=1S/C9H21NO/c1-3-7-10-8-5-6-9(11)4-2/h9-11H,3-8H2,1-2H3. The SMILES string of the molecule is CCCNCCCC(O)CC. The summed E-state index contributed by atoms with van der Waals surface area (Å²) in [6, 6.07) is 0. The van der Waals surface area contributed by atoms with Crippen LogP contribution in [0.3, 0.4) is 0 Å². The van der Waals surface area contributed by atoms with Gasteiger partial charge in [-0.15, -0.1) is 0 Å². The van der Waals surface area contributed by atoms with Crippen LogP contribution in [0.2, 0.25) is 0 Å². The first kappa shape index (κ1) is 10.9. The van der Waals surface area contributed by atoms with E-state index in [9.17, 15) is 5.11 Å². The van der Waals surface area contributed by atoms with E-state index in [0.717, 1.165) is 32.4 Å². The van der Waals surface area contributed by atoms with Gasteiger partial charge in [0.1, 0.15) is 0 Å². The molecule has 0 rings (SSSR count). The maximum atomic E-state index is 9.19.